The SMILES string of the molecule is O=C(O)C1O[C@@H](O[C@@H]2C(COOO)O[C@H](COC[C@@H]3C(C(=O)O)O[C@@H](O[C@@H]4C(COOO)O[C@H](O)C(NS(=O)(=O)O)[C@@H]4O)C(OS(=O)(=O)O)[C@@H]3O)C(NS(=O)(=O)O)[C@@H]2OS(=O)(=O)O)C(O)[C@H](O)[C@@H]1COC[C@H]1OC(COOO)[C@@H](O)[C@@H](O)C1NS(=O)(=O)O. The van der Waals surface area contributed by atoms with Crippen molar-refractivity contribution in [2.75, 3.05) is 46.2 Å². The number of carboxylic acid groups (broad SMARTS) is 2. The van der Waals surface area contributed by atoms with Crippen LogP contribution in [0.15, 0.2) is 0 Å². The van der Waals surface area contributed by atoms with E-state index in [9.17, 15) is 120 Å². The number of rotatable bonds is 33. The largest absolute Gasteiger partial charge is 0.479 e. The maximum absolute atomic E-state index is 12.7. The second kappa shape index (κ2) is 31.9. The highest BCUT2D eigenvalue weighted by molar-refractivity contribution is 7.84. The summed E-state index contributed by atoms with van der Waals surface area (Å²) in [6, 6.07) is -6.90. The molecule has 0 spiro atoms. The molecule has 20 N–H and O–H groups in total. The first-order valence-electron chi connectivity index (χ1n) is 24.0. The lowest BCUT2D eigenvalue weighted by molar-refractivity contribution is -0.498. The molecule has 49 nitrogen and oxygen atoms in total. The number of nitrogens with one attached hydrogen (secondary N) is 3. The fourth-order valence-corrected chi connectivity index (χ4v) is 12.5. The van der Waals surface area contributed by atoms with Crippen molar-refractivity contribution >= 4 is 63.6 Å². The number of hydrogen-bond acceptors (Lipinski definition) is 39. The zero-order chi connectivity index (χ0) is 66.2. The first-order valence-corrected chi connectivity index (χ1v) is 31.0. The standard InChI is InChI=1S/C34H59N3O46S5/c38-18-8(1-67-3-10-15(35-84(52,53)54)21(41)20(40)12(72-10)5-69-81-49)24(30(44)45)75-33(23(18)43)78-27-14(7-71-83-51)73-11(16(36-85(55,56)57)28(27)79-87(61,62)63)4-68-2-9-19(39)29(80-88(64,65)66)34(76-25(9)31(46)47)77-26-13(6-70-82-50)74-32(48)17(22(26)42)37-86(58,59)60/h8-29,32-43,48-51H,1-7H2,(H,44,45)(H,46,47)(H,52,53,54)(H,55,56,57)(H,58,59,60)(H,61,62,63)(H,64,65,66)/t8-,9-,10+,11+,12?,13?,14?,15?,16?,17?,18+,19+,20+,21-,22-,23?,24?,25?,26+,27+,28-,29?,32-,33-,34-/m0/s1. The lowest BCUT2D eigenvalue weighted by atomic mass is 9.88. The predicted molar refractivity (Wildman–Crippen MR) is 252 cm³/mol. The summed E-state index contributed by atoms with van der Waals surface area (Å²) in [7, 11) is -28.1. The van der Waals surface area contributed by atoms with Crippen molar-refractivity contribution in [1.82, 2.24) is 14.2 Å². The van der Waals surface area contributed by atoms with E-state index >= 15 is 0 Å². The molecule has 25 atom stereocenters. The number of carboxylic acids is 2. The summed E-state index contributed by atoms with van der Waals surface area (Å²) in [6.45, 7) is -7.99. The Bertz CT molecular complexity index is 2850. The molecule has 5 aliphatic rings. The van der Waals surface area contributed by atoms with Gasteiger partial charge < -0.3 is 88.6 Å². The molecule has 5 aliphatic heterocycles. The Kier molecular flexibility index (Phi) is 27.6. The molecule has 0 aromatic heterocycles. The van der Waals surface area contributed by atoms with Gasteiger partial charge in [0.15, 0.2) is 37.2 Å². The number of aliphatic hydroxyl groups is 7. The highest BCUT2D eigenvalue weighted by Gasteiger charge is 2.58. The molecule has 0 aromatic rings. The van der Waals surface area contributed by atoms with Gasteiger partial charge in [-0.1, -0.05) is 15.1 Å². The molecule has 0 aliphatic carbocycles. The van der Waals surface area contributed by atoms with Crippen LogP contribution in [0.3, 0.4) is 0 Å². The Hall–Kier alpha value is -2.71. The van der Waals surface area contributed by atoms with Crippen molar-refractivity contribution in [3.8, 4) is 0 Å². The summed E-state index contributed by atoms with van der Waals surface area (Å²) in [4.78, 5) is 38.4. The van der Waals surface area contributed by atoms with E-state index in [1.54, 1.807) is 4.72 Å². The van der Waals surface area contributed by atoms with Crippen molar-refractivity contribution < 1.29 is 217 Å². The van der Waals surface area contributed by atoms with Crippen LogP contribution >= 0.6 is 0 Å². The van der Waals surface area contributed by atoms with E-state index in [0.29, 0.717) is 0 Å². The Morgan fingerprint density at radius 1 is 0.386 bits per heavy atom. The minimum absolute atomic E-state index is 0.856. The van der Waals surface area contributed by atoms with E-state index in [-0.39, 0.29) is 0 Å². The quantitative estimate of drug-likeness (QED) is 0.0165. The molecule has 0 radical (unpaired) electrons. The van der Waals surface area contributed by atoms with Gasteiger partial charge in [0.2, 0.25) is 0 Å². The first-order chi connectivity index (χ1) is 40.7. The summed E-state index contributed by atoms with van der Waals surface area (Å²) in [6.07, 6.45) is -47.6. The van der Waals surface area contributed by atoms with Crippen LogP contribution in [0.4, 0.5) is 0 Å². The molecule has 516 valence electrons. The molecule has 0 saturated carbocycles. The van der Waals surface area contributed by atoms with Gasteiger partial charge in [0.25, 0.3) is 0 Å². The number of aliphatic carboxylic acids is 2. The summed E-state index contributed by atoms with van der Waals surface area (Å²) < 4.78 is 232. The third-order valence-corrected chi connectivity index (χ3v) is 15.9. The molecule has 5 fully saturated rings. The highest BCUT2D eigenvalue weighted by atomic mass is 32.3. The van der Waals surface area contributed by atoms with E-state index in [1.165, 1.54) is 9.44 Å². The Morgan fingerprint density at radius 2 is 0.795 bits per heavy atom. The van der Waals surface area contributed by atoms with Crippen LogP contribution in [0, 0.1) is 11.8 Å². The molecule has 5 rings (SSSR count). The molecule has 54 heteroatoms. The van der Waals surface area contributed by atoms with Crippen LogP contribution in [0.1, 0.15) is 0 Å². The van der Waals surface area contributed by atoms with Gasteiger partial charge in [-0.15, -0.1) is 0 Å². The van der Waals surface area contributed by atoms with Gasteiger partial charge >= 0.3 is 63.6 Å². The maximum atomic E-state index is 12.7. The van der Waals surface area contributed by atoms with Crippen molar-refractivity contribution in [3.63, 3.8) is 0 Å². The second-order valence-electron chi connectivity index (χ2n) is 19.0. The Morgan fingerprint density at radius 3 is 1.27 bits per heavy atom. The van der Waals surface area contributed by atoms with Gasteiger partial charge in [-0.2, -0.15) is 56.3 Å². The minimum Gasteiger partial charge on any atom is -0.479 e. The first kappa shape index (κ1) is 76.0. The van der Waals surface area contributed by atoms with Gasteiger partial charge in [-0.05, 0) is 0 Å². The smallest absolute Gasteiger partial charge is 0.397 e. The second-order valence-corrected chi connectivity index (χ2v) is 24.6. The average molecular weight is 1410 g/mol. The lowest BCUT2D eigenvalue weighted by Gasteiger charge is -2.48. The maximum Gasteiger partial charge on any atom is 0.397 e. The zero-order valence-corrected chi connectivity index (χ0v) is 47.4. The van der Waals surface area contributed by atoms with Gasteiger partial charge in [0.05, 0.1) is 50.7 Å². The van der Waals surface area contributed by atoms with Crippen LogP contribution in [0.2, 0.25) is 0 Å². The van der Waals surface area contributed by atoms with Crippen LogP contribution < -0.4 is 14.2 Å². The fourth-order valence-electron chi connectivity index (χ4n) is 9.59. The van der Waals surface area contributed by atoms with Crippen LogP contribution in [0.25, 0.3) is 0 Å². The topological polar surface area (TPSA) is 742 Å². The van der Waals surface area contributed by atoms with Crippen LogP contribution in [-0.2, 0) is 142 Å². The van der Waals surface area contributed by atoms with E-state index in [4.69, 9.17) is 62.6 Å². The van der Waals surface area contributed by atoms with Crippen molar-refractivity contribution in [3.05, 3.63) is 0 Å². The monoisotopic (exact) mass is 1410 g/mol. The highest BCUT2D eigenvalue weighted by Crippen LogP contribution is 2.37. The van der Waals surface area contributed by atoms with E-state index < -0.39 is 262 Å². The average Bonchev–Trinajstić information content (AvgIpc) is 1.89. The minimum atomic E-state index is -5.99. The van der Waals surface area contributed by atoms with Gasteiger partial charge in [0, 0.05) is 11.8 Å². The van der Waals surface area contributed by atoms with Crippen molar-refractivity contribution in [2.45, 2.75) is 141 Å². The molecule has 0 amide bonds. The predicted octanol–water partition coefficient (Wildman–Crippen LogP) is -12.0. The lowest BCUT2D eigenvalue weighted by Crippen LogP contribution is -2.68. The van der Waals surface area contributed by atoms with E-state index in [1.807, 2.05) is 0 Å². The van der Waals surface area contributed by atoms with Crippen molar-refractivity contribution in [2.24, 2.45) is 11.8 Å². The molecule has 5 saturated heterocycles. The fraction of sp³-hybridized carbons (Fsp3) is 0.941. The third-order valence-electron chi connectivity index (χ3n) is 13.2. The summed E-state index contributed by atoms with van der Waals surface area (Å²) in [5.74, 6) is -8.36. The summed E-state index contributed by atoms with van der Waals surface area (Å²) in [5, 5.41) is 134. The van der Waals surface area contributed by atoms with Gasteiger partial charge in [0.1, 0.15) is 99.1 Å². The van der Waals surface area contributed by atoms with Crippen LogP contribution in [-0.4, -0.2) is 326 Å². The number of aliphatic hydroxyl groups excluding tert-OH is 7. The van der Waals surface area contributed by atoms with E-state index in [2.05, 4.69) is 34.0 Å². The molecular formula is C34H59N3O46S5. The number of carbonyl (C=O) groups is 2. The normalized spacial score (nSPS) is 39.0. The Labute approximate surface area is 492 Å². The van der Waals surface area contributed by atoms with Gasteiger partial charge in [-0.25, -0.2) is 48.4 Å². The summed E-state index contributed by atoms with van der Waals surface area (Å²) in [5.41, 5.74) is 0. The molecule has 0 bridgehead atoms. The van der Waals surface area contributed by atoms with Crippen LogP contribution in [0.5, 0.6) is 0 Å². The molecule has 0 aromatic carbocycles. The molecular weight excluding hydrogens is 1350 g/mol. The van der Waals surface area contributed by atoms with Gasteiger partial charge in [-0.3, -0.25) is 22.8 Å². The molecule has 10 unspecified atom stereocenters. The van der Waals surface area contributed by atoms with E-state index in [0.717, 1.165) is 0 Å². The zero-order valence-electron chi connectivity index (χ0n) is 43.4. The summed E-state index contributed by atoms with van der Waals surface area (Å²) >= 11 is 0. The molecule has 5 heterocycles. The third kappa shape index (κ3) is 21.4. The Balaban J connectivity index is 1.42. The number of hydrogen-bond donors (Lipinski definition) is 20. The van der Waals surface area contributed by atoms with Crippen molar-refractivity contribution in [1.29, 1.82) is 0 Å². The number of ether oxygens (including phenoxy) is 9. The molecule has 88 heavy (non-hydrogen) atoms.